The molecule has 0 aromatic heterocycles. The Bertz CT molecular complexity index is 814. The minimum Gasteiger partial charge on any atom is -0.310 e. The second kappa shape index (κ2) is 9.47. The molecule has 4 fully saturated rings. The van der Waals surface area contributed by atoms with Crippen molar-refractivity contribution in [3.63, 3.8) is 0 Å². The lowest BCUT2D eigenvalue weighted by Crippen LogP contribution is -2.67. The van der Waals surface area contributed by atoms with E-state index >= 15 is 0 Å². The summed E-state index contributed by atoms with van der Waals surface area (Å²) in [6.45, 7) is 6.24. The van der Waals surface area contributed by atoms with Gasteiger partial charge in [0.25, 0.3) is 5.91 Å². The van der Waals surface area contributed by atoms with Crippen LogP contribution in [0.25, 0.3) is 0 Å². The van der Waals surface area contributed by atoms with E-state index < -0.39 is 0 Å². The number of hydrogen-bond acceptors (Lipinski definition) is 6. The van der Waals surface area contributed by atoms with Crippen LogP contribution in [0.2, 0.25) is 0 Å². The number of piperidine rings is 1. The van der Waals surface area contributed by atoms with E-state index in [9.17, 15) is 9.59 Å². The Morgan fingerprint density at radius 3 is 2.47 bits per heavy atom. The van der Waals surface area contributed by atoms with Crippen molar-refractivity contribution in [3.05, 3.63) is 35.9 Å². The Balaban J connectivity index is 1.26. The Labute approximate surface area is 191 Å². The molecule has 3 atom stereocenters. The van der Waals surface area contributed by atoms with Crippen LogP contribution in [0.1, 0.15) is 31.2 Å². The topological polar surface area (TPSA) is 62.4 Å². The normalized spacial score (nSPS) is 30.0. The van der Waals surface area contributed by atoms with E-state index in [4.69, 9.17) is 0 Å². The highest BCUT2D eigenvalue weighted by molar-refractivity contribution is 6.00. The molecule has 3 unspecified atom stereocenters. The number of carbonyl (C=O) groups excluding carboxylic acids is 2. The molecule has 0 bridgehead atoms. The Morgan fingerprint density at radius 1 is 0.906 bits per heavy atom. The van der Waals surface area contributed by atoms with Crippen LogP contribution in [0, 0.1) is 0 Å². The van der Waals surface area contributed by atoms with Crippen molar-refractivity contribution in [2.24, 2.45) is 0 Å². The predicted octanol–water partition coefficient (Wildman–Crippen LogP) is 1.20. The van der Waals surface area contributed by atoms with Gasteiger partial charge in [0.15, 0.2) is 0 Å². The smallest absolute Gasteiger partial charge is 0.310 e. The number of rotatable bonds is 6. The first kappa shape index (κ1) is 21.8. The molecular weight excluding hydrogens is 404 g/mol. The average Bonchev–Trinajstić information content (AvgIpc) is 3.23. The third kappa shape index (κ3) is 4.17. The van der Waals surface area contributed by atoms with Crippen molar-refractivity contribution in [1.82, 2.24) is 29.8 Å². The van der Waals surface area contributed by atoms with E-state index in [0.29, 0.717) is 6.54 Å². The van der Waals surface area contributed by atoms with Crippen LogP contribution in [0.15, 0.2) is 30.3 Å². The maximum atomic E-state index is 13.5. The second-order valence-corrected chi connectivity index (χ2v) is 9.58. The lowest BCUT2D eigenvalue weighted by atomic mass is 10.1. The van der Waals surface area contributed by atoms with Crippen molar-refractivity contribution >= 4 is 11.9 Å². The van der Waals surface area contributed by atoms with Gasteiger partial charge in [-0.25, -0.2) is 4.79 Å². The molecule has 0 radical (unpaired) electrons. The number of nitrogens with zero attached hydrogens (tertiary/aromatic N) is 5. The minimum absolute atomic E-state index is 0.00343. The number of urea groups is 1. The number of likely N-dealkylation sites (N-methyl/N-ethyl adjacent to an activating group) is 1. The standard InChI is InChI=1S/C24H36N6O2/c1-26-21-20(22(31)30(24(26)32)18-17-27-12-6-3-7-13-27)29-15-8-14-28(23(29)25-21)16-11-19-9-4-2-5-10-19/h2,4-5,9-10,20-21,23,25H,3,6-8,11-18H2,1H3. The van der Waals surface area contributed by atoms with Gasteiger partial charge in [-0.1, -0.05) is 36.8 Å². The summed E-state index contributed by atoms with van der Waals surface area (Å²) < 4.78 is 0. The third-order valence-electron chi connectivity index (χ3n) is 7.59. The summed E-state index contributed by atoms with van der Waals surface area (Å²) in [4.78, 5) is 37.0. The molecule has 3 amide bonds. The zero-order chi connectivity index (χ0) is 22.1. The molecule has 174 valence electrons. The van der Waals surface area contributed by atoms with Crippen LogP contribution < -0.4 is 5.32 Å². The number of fused-ring (bicyclic) bond motifs is 3. The number of imide groups is 1. The van der Waals surface area contributed by atoms with E-state index in [0.717, 1.165) is 52.1 Å². The summed E-state index contributed by atoms with van der Waals surface area (Å²) in [5, 5.41) is 3.62. The van der Waals surface area contributed by atoms with Gasteiger partial charge in [-0.2, -0.15) is 0 Å². The monoisotopic (exact) mass is 440 g/mol. The zero-order valence-corrected chi connectivity index (χ0v) is 19.2. The van der Waals surface area contributed by atoms with Gasteiger partial charge >= 0.3 is 6.03 Å². The molecule has 4 aliphatic rings. The highest BCUT2D eigenvalue weighted by Crippen LogP contribution is 2.30. The minimum atomic E-state index is -0.302. The van der Waals surface area contributed by atoms with Gasteiger partial charge < -0.3 is 9.80 Å². The van der Waals surface area contributed by atoms with Gasteiger partial charge in [0.2, 0.25) is 0 Å². The predicted molar refractivity (Wildman–Crippen MR) is 123 cm³/mol. The molecule has 0 saturated carbocycles. The molecule has 4 saturated heterocycles. The molecule has 1 aromatic rings. The van der Waals surface area contributed by atoms with Crippen LogP contribution in [-0.2, 0) is 11.2 Å². The van der Waals surface area contributed by atoms with Crippen molar-refractivity contribution < 1.29 is 9.59 Å². The first-order valence-electron chi connectivity index (χ1n) is 12.2. The fourth-order valence-electron chi connectivity index (χ4n) is 5.77. The molecular formula is C24H36N6O2. The van der Waals surface area contributed by atoms with Crippen molar-refractivity contribution in [2.45, 2.75) is 50.6 Å². The molecule has 8 heteroatoms. The lowest BCUT2D eigenvalue weighted by molar-refractivity contribution is -0.140. The highest BCUT2D eigenvalue weighted by Gasteiger charge is 2.55. The number of benzene rings is 1. The molecule has 8 nitrogen and oxygen atoms in total. The zero-order valence-electron chi connectivity index (χ0n) is 19.2. The molecule has 5 rings (SSSR count). The van der Waals surface area contributed by atoms with Crippen LogP contribution in [-0.4, -0.2) is 108 Å². The average molecular weight is 441 g/mol. The number of likely N-dealkylation sites (tertiary alicyclic amines) is 1. The Kier molecular flexibility index (Phi) is 6.46. The summed E-state index contributed by atoms with van der Waals surface area (Å²) >= 11 is 0. The molecule has 32 heavy (non-hydrogen) atoms. The lowest BCUT2D eigenvalue weighted by Gasteiger charge is -2.43. The number of nitrogens with one attached hydrogen (secondary N) is 1. The molecule has 1 N–H and O–H groups in total. The SMILES string of the molecule is CN1C(=O)N(CCN2CCCCC2)C(=O)C2C1NC1N(CCc3ccccc3)CCCN21. The fourth-order valence-corrected chi connectivity index (χ4v) is 5.77. The summed E-state index contributed by atoms with van der Waals surface area (Å²) in [6.07, 6.45) is 5.47. The van der Waals surface area contributed by atoms with Gasteiger partial charge in [0.05, 0.1) is 0 Å². The first-order valence-corrected chi connectivity index (χ1v) is 12.2. The maximum Gasteiger partial charge on any atom is 0.327 e. The van der Waals surface area contributed by atoms with Crippen molar-refractivity contribution in [3.8, 4) is 0 Å². The number of hydrogen-bond donors (Lipinski definition) is 1. The largest absolute Gasteiger partial charge is 0.327 e. The number of amides is 3. The summed E-state index contributed by atoms with van der Waals surface area (Å²) in [5.41, 5.74) is 1.33. The maximum absolute atomic E-state index is 13.5. The molecule has 0 spiro atoms. The summed E-state index contributed by atoms with van der Waals surface area (Å²) in [7, 11) is 1.83. The van der Waals surface area contributed by atoms with Crippen LogP contribution in [0.5, 0.6) is 0 Å². The van der Waals surface area contributed by atoms with Gasteiger partial charge in [0.1, 0.15) is 18.5 Å². The molecule has 0 aliphatic carbocycles. The summed E-state index contributed by atoms with van der Waals surface area (Å²) in [5.74, 6) is -0.0324. The van der Waals surface area contributed by atoms with Crippen LogP contribution >= 0.6 is 0 Å². The van der Waals surface area contributed by atoms with Gasteiger partial charge in [0, 0.05) is 39.8 Å². The van der Waals surface area contributed by atoms with Gasteiger partial charge in [-0.15, -0.1) is 0 Å². The van der Waals surface area contributed by atoms with Gasteiger partial charge in [-0.3, -0.25) is 24.8 Å². The Hall–Kier alpha value is -2.00. The van der Waals surface area contributed by atoms with E-state index in [1.54, 1.807) is 4.90 Å². The first-order chi connectivity index (χ1) is 15.6. The van der Waals surface area contributed by atoms with Crippen LogP contribution in [0.3, 0.4) is 0 Å². The van der Waals surface area contributed by atoms with Crippen molar-refractivity contribution in [1.29, 1.82) is 0 Å². The molecule has 4 aliphatic heterocycles. The van der Waals surface area contributed by atoms with E-state index in [2.05, 4.69) is 44.3 Å². The van der Waals surface area contributed by atoms with Gasteiger partial charge in [-0.05, 0) is 44.3 Å². The Morgan fingerprint density at radius 2 is 1.69 bits per heavy atom. The van der Waals surface area contributed by atoms with E-state index in [1.807, 2.05) is 13.1 Å². The molecule has 1 aromatic carbocycles. The highest BCUT2D eigenvalue weighted by atomic mass is 16.2. The van der Waals surface area contributed by atoms with Crippen LogP contribution in [0.4, 0.5) is 4.79 Å². The third-order valence-corrected chi connectivity index (χ3v) is 7.59. The van der Waals surface area contributed by atoms with Crippen molar-refractivity contribution in [2.75, 3.05) is 52.9 Å². The molecule has 4 heterocycles. The second-order valence-electron chi connectivity index (χ2n) is 9.58. The number of carbonyl (C=O) groups is 2. The summed E-state index contributed by atoms with van der Waals surface area (Å²) in [6, 6.07) is 10.1. The van der Waals surface area contributed by atoms with E-state index in [1.165, 1.54) is 29.7 Å². The fraction of sp³-hybridized carbons (Fsp3) is 0.667. The van der Waals surface area contributed by atoms with E-state index in [-0.39, 0.29) is 30.4 Å². The quantitative estimate of drug-likeness (QED) is 0.717.